The second-order valence-electron chi connectivity index (χ2n) is 5.30. The SMILES string of the molecule is Cl.O=C(O)CCCCN(Cc1cccs1)CC1CCCO1. The summed E-state index contributed by atoms with van der Waals surface area (Å²) in [5.41, 5.74) is 0. The molecule has 2 heterocycles. The third kappa shape index (κ3) is 7.27. The number of hydrogen-bond acceptors (Lipinski definition) is 4. The van der Waals surface area contributed by atoms with E-state index in [0.717, 1.165) is 51.9 Å². The highest BCUT2D eigenvalue weighted by Crippen LogP contribution is 2.17. The highest BCUT2D eigenvalue weighted by Gasteiger charge is 2.19. The number of nitrogens with zero attached hydrogens (tertiary/aromatic N) is 1. The third-order valence-electron chi connectivity index (χ3n) is 3.56. The third-order valence-corrected chi connectivity index (χ3v) is 4.42. The average molecular weight is 334 g/mol. The molecule has 1 unspecified atom stereocenters. The minimum Gasteiger partial charge on any atom is -0.481 e. The number of ether oxygens (including phenoxy) is 1. The fraction of sp³-hybridized carbons (Fsp3) is 0.667. The second kappa shape index (κ2) is 10.2. The van der Waals surface area contributed by atoms with E-state index in [-0.39, 0.29) is 18.8 Å². The van der Waals surface area contributed by atoms with Crippen molar-refractivity contribution in [3.63, 3.8) is 0 Å². The van der Waals surface area contributed by atoms with E-state index < -0.39 is 5.97 Å². The first kappa shape index (κ1) is 18.4. The Morgan fingerprint density at radius 2 is 2.33 bits per heavy atom. The van der Waals surface area contributed by atoms with Crippen molar-refractivity contribution >= 4 is 29.7 Å². The number of aliphatic carboxylic acids is 1. The van der Waals surface area contributed by atoms with Crippen LogP contribution in [0.1, 0.15) is 37.0 Å². The van der Waals surface area contributed by atoms with Crippen LogP contribution in [-0.4, -0.2) is 41.8 Å². The molecule has 1 fully saturated rings. The predicted octanol–water partition coefficient (Wildman–Crippen LogP) is 3.41. The summed E-state index contributed by atoms with van der Waals surface area (Å²) in [5, 5.41) is 10.8. The lowest BCUT2D eigenvalue weighted by molar-refractivity contribution is -0.137. The maximum atomic E-state index is 10.5. The van der Waals surface area contributed by atoms with Crippen LogP contribution in [0.15, 0.2) is 17.5 Å². The monoisotopic (exact) mass is 333 g/mol. The molecule has 1 aliphatic heterocycles. The molecule has 1 N–H and O–H groups in total. The Bertz CT molecular complexity index is 394. The standard InChI is InChI=1S/C15H23NO3S.ClH/c17-15(18)7-1-2-8-16(11-13-5-3-9-19-13)12-14-6-4-10-20-14;/h4,6,10,13H,1-3,5,7-9,11-12H2,(H,17,18);1H. The van der Waals surface area contributed by atoms with Crippen LogP contribution in [0, 0.1) is 0 Å². The van der Waals surface area contributed by atoms with Crippen LogP contribution >= 0.6 is 23.7 Å². The van der Waals surface area contributed by atoms with Crippen molar-refractivity contribution in [2.45, 2.75) is 44.8 Å². The van der Waals surface area contributed by atoms with Gasteiger partial charge in [0.2, 0.25) is 0 Å². The quantitative estimate of drug-likeness (QED) is 0.704. The molecule has 0 bridgehead atoms. The summed E-state index contributed by atoms with van der Waals surface area (Å²) in [6.07, 6.45) is 4.63. The Morgan fingerprint density at radius 3 is 2.95 bits per heavy atom. The molecule has 2 rings (SSSR count). The van der Waals surface area contributed by atoms with Crippen molar-refractivity contribution in [2.75, 3.05) is 19.7 Å². The van der Waals surface area contributed by atoms with E-state index in [9.17, 15) is 4.79 Å². The van der Waals surface area contributed by atoms with E-state index >= 15 is 0 Å². The van der Waals surface area contributed by atoms with Gasteiger partial charge in [0, 0.05) is 31.0 Å². The molecule has 1 saturated heterocycles. The molecule has 0 radical (unpaired) electrons. The molecule has 0 aromatic carbocycles. The van der Waals surface area contributed by atoms with Crippen LogP contribution in [0.25, 0.3) is 0 Å². The fourth-order valence-electron chi connectivity index (χ4n) is 2.55. The van der Waals surface area contributed by atoms with E-state index in [1.165, 1.54) is 4.88 Å². The van der Waals surface area contributed by atoms with Crippen LogP contribution in [0.2, 0.25) is 0 Å². The zero-order valence-electron chi connectivity index (χ0n) is 12.2. The van der Waals surface area contributed by atoms with Gasteiger partial charge in [-0.1, -0.05) is 6.07 Å². The van der Waals surface area contributed by atoms with Gasteiger partial charge in [0.05, 0.1) is 6.10 Å². The van der Waals surface area contributed by atoms with Gasteiger partial charge in [0.15, 0.2) is 0 Å². The van der Waals surface area contributed by atoms with Crippen molar-refractivity contribution in [1.82, 2.24) is 4.90 Å². The maximum Gasteiger partial charge on any atom is 0.303 e. The maximum absolute atomic E-state index is 10.5. The molecule has 1 aliphatic rings. The number of carbonyl (C=O) groups is 1. The number of carboxylic acids is 1. The topological polar surface area (TPSA) is 49.8 Å². The molecule has 120 valence electrons. The van der Waals surface area contributed by atoms with Crippen LogP contribution < -0.4 is 0 Å². The van der Waals surface area contributed by atoms with E-state index in [1.54, 1.807) is 11.3 Å². The first-order chi connectivity index (χ1) is 9.74. The zero-order valence-corrected chi connectivity index (χ0v) is 13.8. The van der Waals surface area contributed by atoms with E-state index in [0.29, 0.717) is 6.10 Å². The Labute approximate surface area is 136 Å². The minimum atomic E-state index is -0.700. The first-order valence-corrected chi connectivity index (χ1v) is 8.20. The van der Waals surface area contributed by atoms with Gasteiger partial charge in [0.1, 0.15) is 0 Å². The summed E-state index contributed by atoms with van der Waals surface area (Å²) < 4.78 is 5.71. The highest BCUT2D eigenvalue weighted by atomic mass is 35.5. The number of thiophene rings is 1. The lowest BCUT2D eigenvalue weighted by Crippen LogP contribution is -2.32. The first-order valence-electron chi connectivity index (χ1n) is 7.32. The van der Waals surface area contributed by atoms with Gasteiger partial charge in [-0.25, -0.2) is 0 Å². The van der Waals surface area contributed by atoms with Gasteiger partial charge in [-0.05, 0) is 43.7 Å². The Balaban J connectivity index is 0.00000220. The molecule has 0 saturated carbocycles. The molecular weight excluding hydrogens is 310 g/mol. The van der Waals surface area contributed by atoms with Gasteiger partial charge in [-0.15, -0.1) is 23.7 Å². The highest BCUT2D eigenvalue weighted by molar-refractivity contribution is 7.09. The van der Waals surface area contributed by atoms with Crippen LogP contribution in [0.4, 0.5) is 0 Å². The molecule has 1 atom stereocenters. The molecule has 6 heteroatoms. The molecular formula is C15H24ClNO3S. The Hall–Kier alpha value is -0.620. The second-order valence-corrected chi connectivity index (χ2v) is 6.33. The van der Waals surface area contributed by atoms with Gasteiger partial charge in [0.25, 0.3) is 0 Å². The van der Waals surface area contributed by atoms with Gasteiger partial charge >= 0.3 is 5.97 Å². The normalized spacial score (nSPS) is 17.9. The number of rotatable bonds is 9. The predicted molar refractivity (Wildman–Crippen MR) is 87.3 cm³/mol. The van der Waals surface area contributed by atoms with Crippen LogP contribution in [0.3, 0.4) is 0 Å². The molecule has 21 heavy (non-hydrogen) atoms. The van der Waals surface area contributed by atoms with Crippen molar-refractivity contribution in [1.29, 1.82) is 0 Å². The largest absolute Gasteiger partial charge is 0.481 e. The smallest absolute Gasteiger partial charge is 0.303 e. The summed E-state index contributed by atoms with van der Waals surface area (Å²) in [4.78, 5) is 14.3. The fourth-order valence-corrected chi connectivity index (χ4v) is 3.29. The lowest BCUT2D eigenvalue weighted by Gasteiger charge is -2.24. The summed E-state index contributed by atoms with van der Waals surface area (Å²) in [6.45, 7) is 3.75. The molecule has 0 amide bonds. The number of carboxylic acid groups (broad SMARTS) is 1. The van der Waals surface area contributed by atoms with Gasteiger partial charge in [-0.3, -0.25) is 9.69 Å². The summed E-state index contributed by atoms with van der Waals surface area (Å²) in [6, 6.07) is 4.24. The summed E-state index contributed by atoms with van der Waals surface area (Å²) in [5.74, 6) is -0.700. The number of halogens is 1. The number of hydrogen-bond donors (Lipinski definition) is 1. The molecule has 4 nitrogen and oxygen atoms in total. The Kier molecular flexibility index (Phi) is 8.92. The minimum absolute atomic E-state index is 0. The lowest BCUT2D eigenvalue weighted by atomic mass is 10.2. The van der Waals surface area contributed by atoms with E-state index in [4.69, 9.17) is 9.84 Å². The van der Waals surface area contributed by atoms with E-state index in [2.05, 4.69) is 22.4 Å². The average Bonchev–Trinajstić information content (AvgIpc) is 3.07. The van der Waals surface area contributed by atoms with E-state index in [1.807, 2.05) is 0 Å². The van der Waals surface area contributed by atoms with Crippen LogP contribution in [-0.2, 0) is 16.1 Å². The summed E-state index contributed by atoms with van der Waals surface area (Å²) >= 11 is 1.78. The van der Waals surface area contributed by atoms with Crippen molar-refractivity contribution in [2.24, 2.45) is 0 Å². The van der Waals surface area contributed by atoms with Crippen molar-refractivity contribution in [3.05, 3.63) is 22.4 Å². The summed E-state index contributed by atoms with van der Waals surface area (Å²) in [7, 11) is 0. The molecule has 0 aliphatic carbocycles. The van der Waals surface area contributed by atoms with Crippen LogP contribution in [0.5, 0.6) is 0 Å². The molecule has 1 aromatic heterocycles. The van der Waals surface area contributed by atoms with Crippen molar-refractivity contribution in [3.8, 4) is 0 Å². The molecule has 1 aromatic rings. The Morgan fingerprint density at radius 1 is 1.48 bits per heavy atom. The molecule has 0 spiro atoms. The van der Waals surface area contributed by atoms with Gasteiger partial charge < -0.3 is 9.84 Å². The van der Waals surface area contributed by atoms with Crippen molar-refractivity contribution < 1.29 is 14.6 Å². The number of unbranched alkanes of at least 4 members (excludes halogenated alkanes) is 1. The zero-order chi connectivity index (χ0) is 14.2. The van der Waals surface area contributed by atoms with Gasteiger partial charge in [-0.2, -0.15) is 0 Å².